The van der Waals surface area contributed by atoms with Crippen molar-refractivity contribution < 1.29 is 9.53 Å². The molecule has 25 heavy (non-hydrogen) atoms. The van der Waals surface area contributed by atoms with Crippen LogP contribution in [0.15, 0.2) is 24.3 Å². The number of amides is 1. The van der Waals surface area contributed by atoms with Crippen molar-refractivity contribution in [3.63, 3.8) is 0 Å². The normalized spacial score (nSPS) is 20.2. The van der Waals surface area contributed by atoms with E-state index in [4.69, 9.17) is 10.5 Å². The van der Waals surface area contributed by atoms with Gasteiger partial charge < -0.3 is 15.8 Å². The van der Waals surface area contributed by atoms with Gasteiger partial charge in [0, 0.05) is 12.5 Å². The standard InChI is InChI=1S/C20H32N2O2.ClH/c1-14(2)13-24-17-10-8-16(9-11-17)20(3,4)22-19(23)12-15-6-5-7-18(15)21;/h8-11,14-15,18H,5-7,12-13,21H2,1-4H3,(H,22,23);1H/t15-,18+;/m0./s1. The van der Waals surface area contributed by atoms with Gasteiger partial charge in [-0.15, -0.1) is 12.4 Å². The molecule has 0 spiro atoms. The Morgan fingerprint density at radius 1 is 1.28 bits per heavy atom. The molecule has 0 unspecified atom stereocenters. The number of hydrogen-bond donors (Lipinski definition) is 2. The smallest absolute Gasteiger partial charge is 0.221 e. The van der Waals surface area contributed by atoms with Gasteiger partial charge in [0.05, 0.1) is 12.1 Å². The fraction of sp³-hybridized carbons (Fsp3) is 0.650. The third-order valence-electron chi connectivity index (χ3n) is 4.78. The van der Waals surface area contributed by atoms with Crippen molar-refractivity contribution in [1.29, 1.82) is 0 Å². The summed E-state index contributed by atoms with van der Waals surface area (Å²) in [5.41, 5.74) is 6.74. The van der Waals surface area contributed by atoms with Gasteiger partial charge in [0.1, 0.15) is 5.75 Å². The molecule has 1 aliphatic rings. The van der Waals surface area contributed by atoms with Crippen LogP contribution in [0.5, 0.6) is 5.75 Å². The number of halogens is 1. The van der Waals surface area contributed by atoms with Crippen LogP contribution in [0.2, 0.25) is 0 Å². The van der Waals surface area contributed by atoms with E-state index in [1.54, 1.807) is 0 Å². The summed E-state index contributed by atoms with van der Waals surface area (Å²) >= 11 is 0. The Labute approximate surface area is 158 Å². The highest BCUT2D eigenvalue weighted by molar-refractivity contribution is 5.85. The van der Waals surface area contributed by atoms with Crippen LogP contribution >= 0.6 is 12.4 Å². The minimum Gasteiger partial charge on any atom is -0.493 e. The molecule has 0 aromatic heterocycles. The van der Waals surface area contributed by atoms with Crippen molar-refractivity contribution in [3.05, 3.63) is 29.8 Å². The van der Waals surface area contributed by atoms with Gasteiger partial charge in [-0.25, -0.2) is 0 Å². The summed E-state index contributed by atoms with van der Waals surface area (Å²) in [7, 11) is 0. The average molecular weight is 369 g/mol. The lowest BCUT2D eigenvalue weighted by molar-refractivity contribution is -0.123. The quantitative estimate of drug-likeness (QED) is 0.764. The highest BCUT2D eigenvalue weighted by atomic mass is 35.5. The molecule has 1 amide bonds. The zero-order chi connectivity index (χ0) is 17.7. The lowest BCUT2D eigenvalue weighted by Crippen LogP contribution is -2.42. The molecule has 142 valence electrons. The lowest BCUT2D eigenvalue weighted by atomic mass is 9.92. The molecule has 2 rings (SSSR count). The summed E-state index contributed by atoms with van der Waals surface area (Å²) in [6.07, 6.45) is 3.77. The maximum absolute atomic E-state index is 12.4. The van der Waals surface area contributed by atoms with E-state index in [0.29, 0.717) is 24.9 Å². The van der Waals surface area contributed by atoms with Crippen LogP contribution in [-0.4, -0.2) is 18.6 Å². The predicted octanol–water partition coefficient (Wildman–Crippen LogP) is 4.01. The molecular formula is C20H33ClN2O2. The Morgan fingerprint density at radius 2 is 1.92 bits per heavy atom. The molecule has 4 nitrogen and oxygen atoms in total. The molecule has 0 saturated heterocycles. The van der Waals surface area contributed by atoms with Crippen molar-refractivity contribution in [2.24, 2.45) is 17.6 Å². The van der Waals surface area contributed by atoms with Gasteiger partial charge in [0.2, 0.25) is 5.91 Å². The van der Waals surface area contributed by atoms with E-state index in [2.05, 4.69) is 19.2 Å². The molecule has 1 aromatic rings. The van der Waals surface area contributed by atoms with Crippen LogP contribution in [0.3, 0.4) is 0 Å². The van der Waals surface area contributed by atoms with Gasteiger partial charge in [0.15, 0.2) is 0 Å². The SMILES string of the molecule is CC(C)COc1ccc(C(C)(C)NC(=O)C[C@@H]2CCC[C@H]2N)cc1.Cl. The summed E-state index contributed by atoms with van der Waals surface area (Å²) in [6.45, 7) is 9.03. The maximum atomic E-state index is 12.4. The minimum atomic E-state index is -0.406. The van der Waals surface area contributed by atoms with Crippen molar-refractivity contribution in [2.45, 2.75) is 65.0 Å². The summed E-state index contributed by atoms with van der Waals surface area (Å²) in [5.74, 6) is 1.78. The van der Waals surface area contributed by atoms with Crippen LogP contribution in [0.25, 0.3) is 0 Å². The predicted molar refractivity (Wildman–Crippen MR) is 105 cm³/mol. The largest absolute Gasteiger partial charge is 0.493 e. The number of carbonyl (C=O) groups excluding carboxylic acids is 1. The Hall–Kier alpha value is -1.26. The average Bonchev–Trinajstić information content (AvgIpc) is 2.90. The summed E-state index contributed by atoms with van der Waals surface area (Å²) in [4.78, 5) is 12.4. The molecule has 0 heterocycles. The monoisotopic (exact) mass is 368 g/mol. The van der Waals surface area contributed by atoms with Crippen LogP contribution < -0.4 is 15.8 Å². The first-order chi connectivity index (χ1) is 11.3. The molecule has 3 N–H and O–H groups in total. The first kappa shape index (κ1) is 21.8. The van der Waals surface area contributed by atoms with Gasteiger partial charge in [-0.05, 0) is 56.2 Å². The third kappa shape index (κ3) is 6.52. The molecule has 1 aliphatic carbocycles. The van der Waals surface area contributed by atoms with E-state index in [1.807, 2.05) is 38.1 Å². The number of rotatable bonds is 7. The van der Waals surface area contributed by atoms with Gasteiger partial charge in [0.25, 0.3) is 0 Å². The molecular weight excluding hydrogens is 336 g/mol. The second-order valence-corrected chi connectivity index (χ2v) is 7.96. The highest BCUT2D eigenvalue weighted by Crippen LogP contribution is 2.28. The minimum absolute atomic E-state index is 0. The van der Waals surface area contributed by atoms with Gasteiger partial charge in [-0.3, -0.25) is 4.79 Å². The molecule has 1 saturated carbocycles. The zero-order valence-corrected chi connectivity index (χ0v) is 16.7. The van der Waals surface area contributed by atoms with Crippen LogP contribution in [0.1, 0.15) is 58.9 Å². The summed E-state index contributed by atoms with van der Waals surface area (Å²) in [6, 6.07) is 8.17. The van der Waals surface area contributed by atoms with Gasteiger partial charge in [-0.1, -0.05) is 32.4 Å². The Bertz CT molecular complexity index is 543. The van der Waals surface area contributed by atoms with E-state index in [9.17, 15) is 4.79 Å². The fourth-order valence-corrected chi connectivity index (χ4v) is 3.26. The van der Waals surface area contributed by atoms with E-state index in [1.165, 1.54) is 0 Å². The molecule has 2 atom stereocenters. The van der Waals surface area contributed by atoms with Crippen LogP contribution in [-0.2, 0) is 10.3 Å². The number of hydrogen-bond acceptors (Lipinski definition) is 3. The molecule has 5 heteroatoms. The topological polar surface area (TPSA) is 64.3 Å². The maximum Gasteiger partial charge on any atom is 0.221 e. The van der Waals surface area contributed by atoms with E-state index in [0.717, 1.165) is 30.6 Å². The number of nitrogens with one attached hydrogen (secondary N) is 1. The molecule has 1 fully saturated rings. The van der Waals surface area contributed by atoms with Crippen LogP contribution in [0.4, 0.5) is 0 Å². The molecule has 0 radical (unpaired) electrons. The van der Waals surface area contributed by atoms with Crippen molar-refractivity contribution in [3.8, 4) is 5.75 Å². The zero-order valence-electron chi connectivity index (χ0n) is 15.9. The number of nitrogens with two attached hydrogens (primary N) is 1. The van der Waals surface area contributed by atoms with E-state index < -0.39 is 5.54 Å². The first-order valence-corrected chi connectivity index (χ1v) is 9.08. The second kappa shape index (κ2) is 9.44. The van der Waals surface area contributed by atoms with Crippen molar-refractivity contribution in [2.75, 3.05) is 6.61 Å². The summed E-state index contributed by atoms with van der Waals surface area (Å²) in [5, 5.41) is 3.15. The Balaban J connectivity index is 0.00000312. The number of benzene rings is 1. The second-order valence-electron chi connectivity index (χ2n) is 7.96. The van der Waals surface area contributed by atoms with Crippen molar-refractivity contribution >= 4 is 18.3 Å². The highest BCUT2D eigenvalue weighted by Gasteiger charge is 2.29. The van der Waals surface area contributed by atoms with Gasteiger partial charge >= 0.3 is 0 Å². The third-order valence-corrected chi connectivity index (χ3v) is 4.78. The van der Waals surface area contributed by atoms with E-state index in [-0.39, 0.29) is 24.4 Å². The first-order valence-electron chi connectivity index (χ1n) is 9.08. The van der Waals surface area contributed by atoms with Gasteiger partial charge in [-0.2, -0.15) is 0 Å². The van der Waals surface area contributed by atoms with Crippen molar-refractivity contribution in [1.82, 2.24) is 5.32 Å². The number of carbonyl (C=O) groups is 1. The Kier molecular flexibility index (Phi) is 8.23. The van der Waals surface area contributed by atoms with Crippen LogP contribution in [0, 0.1) is 11.8 Å². The van der Waals surface area contributed by atoms with E-state index >= 15 is 0 Å². The Morgan fingerprint density at radius 3 is 2.44 bits per heavy atom. The number of ether oxygens (including phenoxy) is 1. The molecule has 0 aliphatic heterocycles. The summed E-state index contributed by atoms with van der Waals surface area (Å²) < 4.78 is 5.72. The fourth-order valence-electron chi connectivity index (χ4n) is 3.26. The molecule has 0 bridgehead atoms. The molecule has 1 aromatic carbocycles. The lowest BCUT2D eigenvalue weighted by Gasteiger charge is -2.28.